The van der Waals surface area contributed by atoms with Gasteiger partial charge in [-0.1, -0.05) is 13.8 Å². The molecule has 0 radical (unpaired) electrons. The van der Waals surface area contributed by atoms with Gasteiger partial charge in [0.05, 0.1) is 6.10 Å². The summed E-state index contributed by atoms with van der Waals surface area (Å²) >= 11 is 1.40. The molecule has 1 unspecified atom stereocenters. The Bertz CT molecular complexity index is 365. The van der Waals surface area contributed by atoms with Crippen LogP contribution in [0.5, 0.6) is 0 Å². The molecule has 1 rings (SSSR count). The van der Waals surface area contributed by atoms with Gasteiger partial charge in [0, 0.05) is 25.6 Å². The minimum Gasteiger partial charge on any atom is -0.379 e. The van der Waals surface area contributed by atoms with Gasteiger partial charge in [0.25, 0.3) is 5.91 Å². The van der Waals surface area contributed by atoms with Gasteiger partial charge < -0.3 is 15.8 Å². The first-order valence-corrected chi connectivity index (χ1v) is 6.42. The fourth-order valence-electron chi connectivity index (χ4n) is 1.38. The van der Waals surface area contributed by atoms with E-state index in [1.807, 2.05) is 0 Å². The van der Waals surface area contributed by atoms with Gasteiger partial charge in [-0.15, -0.1) is 11.3 Å². The molecular weight excluding hydrogens is 238 g/mol. The summed E-state index contributed by atoms with van der Waals surface area (Å²) in [6, 6.07) is 0. The van der Waals surface area contributed by atoms with Crippen molar-refractivity contribution in [3.05, 3.63) is 16.1 Å². The Morgan fingerprint density at radius 1 is 1.65 bits per heavy atom. The molecule has 1 amide bonds. The molecule has 0 aromatic carbocycles. The second kappa shape index (κ2) is 6.68. The molecule has 96 valence electrons. The average molecular weight is 257 g/mol. The third-order valence-electron chi connectivity index (χ3n) is 2.47. The van der Waals surface area contributed by atoms with Gasteiger partial charge in [-0.3, -0.25) is 4.79 Å². The van der Waals surface area contributed by atoms with E-state index in [4.69, 9.17) is 10.5 Å². The van der Waals surface area contributed by atoms with Crippen molar-refractivity contribution in [2.75, 3.05) is 13.7 Å². The van der Waals surface area contributed by atoms with Crippen LogP contribution in [-0.2, 0) is 11.3 Å². The number of rotatable bonds is 6. The lowest BCUT2D eigenvalue weighted by atomic mass is 10.1. The van der Waals surface area contributed by atoms with Crippen LogP contribution in [0.4, 0.5) is 0 Å². The summed E-state index contributed by atoms with van der Waals surface area (Å²) in [4.78, 5) is 15.9. The van der Waals surface area contributed by atoms with Crippen LogP contribution in [-0.4, -0.2) is 30.6 Å². The van der Waals surface area contributed by atoms with Gasteiger partial charge in [-0.05, 0) is 5.92 Å². The van der Waals surface area contributed by atoms with Crippen molar-refractivity contribution in [2.24, 2.45) is 11.7 Å². The van der Waals surface area contributed by atoms with Gasteiger partial charge in [0.15, 0.2) is 0 Å². The van der Waals surface area contributed by atoms with E-state index in [1.54, 1.807) is 12.5 Å². The number of nitrogens with zero attached hydrogens (tertiary/aromatic N) is 1. The molecule has 0 bridgehead atoms. The van der Waals surface area contributed by atoms with E-state index < -0.39 is 0 Å². The second-order valence-corrected chi connectivity index (χ2v) is 5.00. The van der Waals surface area contributed by atoms with Gasteiger partial charge in [-0.25, -0.2) is 4.98 Å². The number of hydrogen-bond donors (Lipinski definition) is 2. The molecule has 0 aliphatic heterocycles. The third-order valence-corrected chi connectivity index (χ3v) is 3.34. The summed E-state index contributed by atoms with van der Waals surface area (Å²) in [5.41, 5.74) is 5.87. The smallest absolute Gasteiger partial charge is 0.270 e. The number of methoxy groups -OCH3 is 1. The van der Waals surface area contributed by atoms with E-state index >= 15 is 0 Å². The van der Waals surface area contributed by atoms with Crippen molar-refractivity contribution in [3.63, 3.8) is 0 Å². The standard InChI is InChI=1S/C11H19N3O2S/c1-7(2)9(16-3)5-13-11(15)8-6-17-10(4-12)14-8/h6-7,9H,4-5,12H2,1-3H3,(H,13,15). The van der Waals surface area contributed by atoms with Crippen molar-refractivity contribution in [3.8, 4) is 0 Å². The Labute approximate surface area is 105 Å². The summed E-state index contributed by atoms with van der Waals surface area (Å²) in [5.74, 6) is 0.180. The summed E-state index contributed by atoms with van der Waals surface area (Å²) in [5, 5.41) is 5.29. The highest BCUT2D eigenvalue weighted by atomic mass is 32.1. The van der Waals surface area contributed by atoms with E-state index in [0.717, 1.165) is 5.01 Å². The number of aromatic nitrogens is 1. The van der Waals surface area contributed by atoms with E-state index in [-0.39, 0.29) is 12.0 Å². The maximum Gasteiger partial charge on any atom is 0.270 e. The van der Waals surface area contributed by atoms with Crippen LogP contribution in [0.15, 0.2) is 5.38 Å². The maximum absolute atomic E-state index is 11.8. The predicted molar refractivity (Wildman–Crippen MR) is 68.0 cm³/mol. The molecule has 0 saturated carbocycles. The lowest BCUT2D eigenvalue weighted by molar-refractivity contribution is 0.0603. The summed E-state index contributed by atoms with van der Waals surface area (Å²) in [6.45, 7) is 4.96. The quantitative estimate of drug-likeness (QED) is 0.797. The van der Waals surface area contributed by atoms with E-state index in [9.17, 15) is 4.79 Å². The molecule has 1 heterocycles. The zero-order valence-corrected chi connectivity index (χ0v) is 11.2. The summed E-state index contributed by atoms with van der Waals surface area (Å²) in [6.07, 6.45) is 0.0200. The van der Waals surface area contributed by atoms with Crippen molar-refractivity contribution >= 4 is 17.2 Å². The SMILES string of the molecule is COC(CNC(=O)c1csc(CN)n1)C(C)C. The van der Waals surface area contributed by atoms with Crippen molar-refractivity contribution in [2.45, 2.75) is 26.5 Å². The number of thiazole rings is 1. The largest absolute Gasteiger partial charge is 0.379 e. The monoisotopic (exact) mass is 257 g/mol. The third kappa shape index (κ3) is 4.07. The summed E-state index contributed by atoms with van der Waals surface area (Å²) < 4.78 is 5.27. The topological polar surface area (TPSA) is 77.2 Å². The first-order valence-electron chi connectivity index (χ1n) is 5.54. The average Bonchev–Trinajstić information content (AvgIpc) is 2.77. The molecule has 1 aromatic rings. The number of ether oxygens (including phenoxy) is 1. The first-order chi connectivity index (χ1) is 8.08. The Morgan fingerprint density at radius 2 is 2.35 bits per heavy atom. The number of amides is 1. The van der Waals surface area contributed by atoms with Crippen molar-refractivity contribution in [1.29, 1.82) is 0 Å². The molecule has 6 heteroatoms. The van der Waals surface area contributed by atoms with E-state index in [1.165, 1.54) is 11.3 Å². The van der Waals surface area contributed by atoms with Gasteiger partial charge in [-0.2, -0.15) is 0 Å². The highest BCUT2D eigenvalue weighted by Crippen LogP contribution is 2.09. The van der Waals surface area contributed by atoms with Gasteiger partial charge in [0.1, 0.15) is 10.7 Å². The van der Waals surface area contributed by atoms with Crippen LogP contribution in [0.1, 0.15) is 29.3 Å². The van der Waals surface area contributed by atoms with Crippen LogP contribution < -0.4 is 11.1 Å². The Hall–Kier alpha value is -0.980. The molecule has 0 spiro atoms. The Morgan fingerprint density at radius 3 is 2.82 bits per heavy atom. The predicted octanol–water partition coefficient (Wildman–Crippen LogP) is 1.00. The molecule has 0 fully saturated rings. The molecule has 5 nitrogen and oxygen atoms in total. The number of carbonyl (C=O) groups is 1. The molecule has 1 aromatic heterocycles. The number of nitrogens with one attached hydrogen (secondary N) is 1. The maximum atomic E-state index is 11.8. The Kier molecular flexibility index (Phi) is 5.54. The van der Waals surface area contributed by atoms with Gasteiger partial charge >= 0.3 is 0 Å². The van der Waals surface area contributed by atoms with E-state index in [0.29, 0.717) is 24.7 Å². The molecule has 0 saturated heterocycles. The zero-order chi connectivity index (χ0) is 12.8. The lowest BCUT2D eigenvalue weighted by Crippen LogP contribution is -2.36. The number of nitrogens with two attached hydrogens (primary N) is 1. The lowest BCUT2D eigenvalue weighted by Gasteiger charge is -2.19. The minimum atomic E-state index is -0.177. The Balaban J connectivity index is 2.49. The first kappa shape index (κ1) is 14.1. The number of hydrogen-bond acceptors (Lipinski definition) is 5. The zero-order valence-electron chi connectivity index (χ0n) is 10.4. The van der Waals surface area contributed by atoms with Crippen LogP contribution in [0.2, 0.25) is 0 Å². The van der Waals surface area contributed by atoms with Crippen molar-refractivity contribution < 1.29 is 9.53 Å². The molecule has 1 atom stereocenters. The van der Waals surface area contributed by atoms with Crippen LogP contribution >= 0.6 is 11.3 Å². The normalized spacial score (nSPS) is 12.8. The van der Waals surface area contributed by atoms with Crippen molar-refractivity contribution in [1.82, 2.24) is 10.3 Å². The number of carbonyl (C=O) groups excluding carboxylic acids is 1. The fraction of sp³-hybridized carbons (Fsp3) is 0.636. The van der Waals surface area contributed by atoms with Gasteiger partial charge in [0.2, 0.25) is 0 Å². The van der Waals surface area contributed by atoms with E-state index in [2.05, 4.69) is 24.1 Å². The highest BCUT2D eigenvalue weighted by molar-refractivity contribution is 7.09. The van der Waals surface area contributed by atoms with Crippen LogP contribution in [0, 0.1) is 5.92 Å². The van der Waals surface area contributed by atoms with Crippen LogP contribution in [0.3, 0.4) is 0 Å². The highest BCUT2D eigenvalue weighted by Gasteiger charge is 2.15. The minimum absolute atomic E-state index is 0.0200. The second-order valence-electron chi connectivity index (χ2n) is 4.06. The molecule has 0 aliphatic rings. The summed E-state index contributed by atoms with van der Waals surface area (Å²) in [7, 11) is 1.65. The molecule has 0 aliphatic carbocycles. The van der Waals surface area contributed by atoms with Crippen LogP contribution in [0.25, 0.3) is 0 Å². The fourth-order valence-corrected chi connectivity index (χ4v) is 2.04. The molecule has 3 N–H and O–H groups in total. The molecular formula is C11H19N3O2S. The molecule has 17 heavy (non-hydrogen) atoms.